The number of rotatable bonds is 5. The first kappa shape index (κ1) is 20.9. The number of nitrogens with zero attached hydrogens (tertiary/aromatic N) is 1. The molecule has 27 heavy (non-hydrogen) atoms. The Kier molecular flexibility index (Phi) is 7.33. The van der Waals surface area contributed by atoms with E-state index in [1.807, 2.05) is 25.7 Å². The summed E-state index contributed by atoms with van der Waals surface area (Å²) in [5.74, 6) is 0. The van der Waals surface area contributed by atoms with E-state index in [0.717, 1.165) is 43.6 Å². The van der Waals surface area contributed by atoms with E-state index >= 15 is 0 Å². The molecule has 2 rings (SSSR count). The Bertz CT molecular complexity index is 617. The smallest absolute Gasteiger partial charge is 0.407 e. The number of carbonyl (C=O) groups is 2. The number of alkyl carbamates (subject to hydrolysis) is 1. The summed E-state index contributed by atoms with van der Waals surface area (Å²) in [6, 6.07) is 8.64. The molecular formula is C20H32N4O3. The fraction of sp³-hybridized carbons (Fsp3) is 0.600. The molecule has 7 heteroatoms. The van der Waals surface area contributed by atoms with Gasteiger partial charge >= 0.3 is 12.1 Å². The molecule has 0 spiro atoms. The minimum Gasteiger partial charge on any atom is -0.444 e. The maximum Gasteiger partial charge on any atom is 0.407 e. The van der Waals surface area contributed by atoms with Crippen LogP contribution in [0.4, 0.5) is 15.3 Å². The standard InChI is InChI=1S/C20H32N4O3/c1-20(2,3)27-19(26)22-12-9-15-5-7-16(8-6-15)23-17-10-13-24(14-11-17)18(25)21-4/h5-8,17,23H,9-14H2,1-4H3,(H,21,25)(H,22,26). The molecule has 3 amide bonds. The predicted octanol–water partition coefficient (Wildman–Crippen LogP) is 2.97. The summed E-state index contributed by atoms with van der Waals surface area (Å²) in [7, 11) is 1.66. The number of nitrogens with one attached hydrogen (secondary N) is 3. The van der Waals surface area contributed by atoms with Crippen molar-refractivity contribution < 1.29 is 14.3 Å². The van der Waals surface area contributed by atoms with Crippen LogP contribution in [0.15, 0.2) is 24.3 Å². The van der Waals surface area contributed by atoms with E-state index in [0.29, 0.717) is 12.6 Å². The minimum atomic E-state index is -0.478. The molecule has 1 aromatic carbocycles. The first-order chi connectivity index (χ1) is 12.8. The number of urea groups is 1. The van der Waals surface area contributed by atoms with Crippen LogP contribution in [0.1, 0.15) is 39.2 Å². The highest BCUT2D eigenvalue weighted by Crippen LogP contribution is 2.17. The molecule has 0 radical (unpaired) electrons. The summed E-state index contributed by atoms with van der Waals surface area (Å²) in [5.41, 5.74) is 1.76. The lowest BCUT2D eigenvalue weighted by Crippen LogP contribution is -2.45. The molecule has 1 aliphatic heterocycles. The van der Waals surface area contributed by atoms with E-state index in [1.165, 1.54) is 0 Å². The van der Waals surface area contributed by atoms with Gasteiger partial charge in [-0.05, 0) is 57.7 Å². The Balaban J connectivity index is 1.71. The molecule has 0 bridgehead atoms. The summed E-state index contributed by atoms with van der Waals surface area (Å²) in [4.78, 5) is 25.1. The van der Waals surface area contributed by atoms with E-state index in [4.69, 9.17) is 4.74 Å². The van der Waals surface area contributed by atoms with Crippen LogP contribution in [0.2, 0.25) is 0 Å². The molecule has 1 aliphatic rings. The van der Waals surface area contributed by atoms with Crippen molar-refractivity contribution in [3.63, 3.8) is 0 Å². The van der Waals surface area contributed by atoms with E-state index in [2.05, 4.69) is 40.2 Å². The summed E-state index contributed by atoms with van der Waals surface area (Å²) in [6.45, 7) is 7.62. The van der Waals surface area contributed by atoms with E-state index in [1.54, 1.807) is 7.05 Å². The maximum atomic E-state index is 11.6. The molecule has 150 valence electrons. The Morgan fingerprint density at radius 2 is 1.78 bits per heavy atom. The number of ether oxygens (including phenoxy) is 1. The number of benzene rings is 1. The van der Waals surface area contributed by atoms with Crippen LogP contribution in [-0.4, -0.2) is 55.3 Å². The number of amides is 3. The molecule has 3 N–H and O–H groups in total. The highest BCUT2D eigenvalue weighted by atomic mass is 16.6. The van der Waals surface area contributed by atoms with Crippen LogP contribution in [0, 0.1) is 0 Å². The lowest BCUT2D eigenvalue weighted by Gasteiger charge is -2.32. The zero-order valence-electron chi connectivity index (χ0n) is 16.8. The molecule has 0 atom stereocenters. The monoisotopic (exact) mass is 376 g/mol. The van der Waals surface area contributed by atoms with Gasteiger partial charge in [-0.1, -0.05) is 12.1 Å². The van der Waals surface area contributed by atoms with Crippen molar-refractivity contribution in [2.24, 2.45) is 0 Å². The second-order valence-electron chi connectivity index (χ2n) is 7.84. The number of likely N-dealkylation sites (tertiary alicyclic amines) is 1. The molecule has 0 aromatic heterocycles. The molecule has 1 fully saturated rings. The number of piperidine rings is 1. The highest BCUT2D eigenvalue weighted by Gasteiger charge is 2.21. The van der Waals surface area contributed by atoms with Crippen LogP contribution in [0.25, 0.3) is 0 Å². The van der Waals surface area contributed by atoms with Crippen molar-refractivity contribution in [1.82, 2.24) is 15.5 Å². The number of hydrogen-bond donors (Lipinski definition) is 3. The summed E-state index contributed by atoms with van der Waals surface area (Å²) in [5, 5.41) is 8.98. The Hall–Kier alpha value is -2.44. The highest BCUT2D eigenvalue weighted by molar-refractivity contribution is 5.73. The van der Waals surface area contributed by atoms with Gasteiger partial charge in [0.25, 0.3) is 0 Å². The van der Waals surface area contributed by atoms with Gasteiger partial charge in [0.15, 0.2) is 0 Å². The van der Waals surface area contributed by atoms with Gasteiger partial charge in [-0.15, -0.1) is 0 Å². The first-order valence-electron chi connectivity index (χ1n) is 9.56. The number of carbonyl (C=O) groups excluding carboxylic acids is 2. The molecule has 7 nitrogen and oxygen atoms in total. The van der Waals surface area contributed by atoms with Crippen LogP contribution in [0.5, 0.6) is 0 Å². The number of hydrogen-bond acceptors (Lipinski definition) is 4. The second-order valence-corrected chi connectivity index (χ2v) is 7.84. The average Bonchev–Trinajstić information content (AvgIpc) is 2.61. The lowest BCUT2D eigenvalue weighted by molar-refractivity contribution is 0.0528. The van der Waals surface area contributed by atoms with Gasteiger partial charge < -0.3 is 25.6 Å². The zero-order chi connectivity index (χ0) is 19.9. The normalized spacial score (nSPS) is 15.2. The topological polar surface area (TPSA) is 82.7 Å². The largest absolute Gasteiger partial charge is 0.444 e. The second kappa shape index (κ2) is 9.48. The molecule has 0 aliphatic carbocycles. The summed E-state index contributed by atoms with van der Waals surface area (Å²) in [6.07, 6.45) is 2.25. The molecule has 0 saturated carbocycles. The van der Waals surface area contributed by atoms with Gasteiger partial charge in [0, 0.05) is 38.4 Å². The zero-order valence-corrected chi connectivity index (χ0v) is 16.8. The van der Waals surface area contributed by atoms with Gasteiger partial charge in [0.05, 0.1) is 0 Å². The van der Waals surface area contributed by atoms with E-state index in [9.17, 15) is 9.59 Å². The van der Waals surface area contributed by atoms with Gasteiger partial charge in [-0.3, -0.25) is 0 Å². The van der Waals surface area contributed by atoms with Crippen molar-refractivity contribution in [1.29, 1.82) is 0 Å². The predicted molar refractivity (Wildman–Crippen MR) is 107 cm³/mol. The lowest BCUT2D eigenvalue weighted by atomic mass is 10.0. The molecule has 1 heterocycles. The van der Waals surface area contributed by atoms with Gasteiger partial charge in [0.1, 0.15) is 5.60 Å². The van der Waals surface area contributed by atoms with E-state index < -0.39 is 5.60 Å². The summed E-state index contributed by atoms with van der Waals surface area (Å²) >= 11 is 0. The van der Waals surface area contributed by atoms with E-state index in [-0.39, 0.29) is 12.1 Å². The fourth-order valence-electron chi connectivity index (χ4n) is 3.01. The third-order valence-electron chi connectivity index (χ3n) is 4.40. The van der Waals surface area contributed by atoms with Gasteiger partial charge in [-0.25, -0.2) is 9.59 Å². The molecule has 1 aromatic rings. The first-order valence-corrected chi connectivity index (χ1v) is 9.56. The van der Waals surface area contributed by atoms with Gasteiger partial charge in [-0.2, -0.15) is 0 Å². The maximum absolute atomic E-state index is 11.6. The van der Waals surface area contributed by atoms with Crippen LogP contribution >= 0.6 is 0 Å². The van der Waals surface area contributed by atoms with Crippen LogP contribution < -0.4 is 16.0 Å². The minimum absolute atomic E-state index is 0.00204. The molecule has 1 saturated heterocycles. The van der Waals surface area contributed by atoms with Crippen LogP contribution in [-0.2, 0) is 11.2 Å². The van der Waals surface area contributed by atoms with Gasteiger partial charge in [0.2, 0.25) is 0 Å². The third kappa shape index (κ3) is 7.37. The van der Waals surface area contributed by atoms with Crippen molar-refractivity contribution in [2.75, 3.05) is 32.0 Å². The van der Waals surface area contributed by atoms with Crippen LogP contribution in [0.3, 0.4) is 0 Å². The Labute approximate surface area is 161 Å². The SMILES string of the molecule is CNC(=O)N1CCC(Nc2ccc(CCNC(=O)OC(C)(C)C)cc2)CC1. The third-order valence-corrected chi connectivity index (χ3v) is 4.40. The molecule has 0 unspecified atom stereocenters. The quantitative estimate of drug-likeness (QED) is 0.738. The Morgan fingerprint density at radius 3 is 2.33 bits per heavy atom. The summed E-state index contributed by atoms with van der Waals surface area (Å²) < 4.78 is 5.22. The Morgan fingerprint density at radius 1 is 1.15 bits per heavy atom. The number of anilines is 1. The van der Waals surface area contributed by atoms with Crippen molar-refractivity contribution in [2.45, 2.75) is 51.7 Å². The fourth-order valence-corrected chi connectivity index (χ4v) is 3.01. The average molecular weight is 377 g/mol. The van der Waals surface area contributed by atoms with Crippen molar-refractivity contribution in [3.8, 4) is 0 Å². The molecular weight excluding hydrogens is 344 g/mol. The van der Waals surface area contributed by atoms with Crippen molar-refractivity contribution >= 4 is 17.8 Å². The van der Waals surface area contributed by atoms with Crippen molar-refractivity contribution in [3.05, 3.63) is 29.8 Å².